The largest absolute Gasteiger partial charge is 0.497 e. The summed E-state index contributed by atoms with van der Waals surface area (Å²) in [5.74, 6) is 0.302. The van der Waals surface area contributed by atoms with Gasteiger partial charge in [0.2, 0.25) is 5.91 Å². The lowest BCUT2D eigenvalue weighted by Gasteiger charge is -2.06. The van der Waals surface area contributed by atoms with Crippen molar-refractivity contribution in [3.8, 4) is 5.75 Å². The SMILES string of the molecule is COc1ccc(CCCCC(=O)Nc2ccc3oc(=O)[nH]c3c2)cc1. The monoisotopic (exact) mass is 340 g/mol. The number of carbonyl (C=O) groups excluding carboxylic acids is 1. The summed E-state index contributed by atoms with van der Waals surface area (Å²) < 4.78 is 10.1. The van der Waals surface area contributed by atoms with Gasteiger partial charge in [0.05, 0.1) is 12.6 Å². The van der Waals surface area contributed by atoms with Crippen LogP contribution in [-0.4, -0.2) is 18.0 Å². The van der Waals surface area contributed by atoms with Crippen LogP contribution < -0.4 is 15.8 Å². The van der Waals surface area contributed by atoms with E-state index in [0.29, 0.717) is 23.2 Å². The quantitative estimate of drug-likeness (QED) is 0.645. The minimum Gasteiger partial charge on any atom is -0.497 e. The van der Waals surface area contributed by atoms with Gasteiger partial charge in [-0.25, -0.2) is 4.79 Å². The molecule has 6 nitrogen and oxygen atoms in total. The average molecular weight is 340 g/mol. The number of unbranched alkanes of at least 4 members (excludes halogenated alkanes) is 1. The molecule has 0 saturated heterocycles. The van der Waals surface area contributed by atoms with Crippen LogP contribution in [0.4, 0.5) is 5.69 Å². The lowest BCUT2D eigenvalue weighted by atomic mass is 10.1. The van der Waals surface area contributed by atoms with Gasteiger partial charge < -0.3 is 14.5 Å². The van der Waals surface area contributed by atoms with Crippen molar-refractivity contribution in [1.82, 2.24) is 4.98 Å². The molecule has 1 aromatic heterocycles. The van der Waals surface area contributed by atoms with Crippen molar-refractivity contribution < 1.29 is 13.9 Å². The molecule has 6 heteroatoms. The van der Waals surface area contributed by atoms with Gasteiger partial charge in [0, 0.05) is 12.1 Å². The van der Waals surface area contributed by atoms with Gasteiger partial charge in [-0.15, -0.1) is 0 Å². The summed E-state index contributed by atoms with van der Waals surface area (Å²) in [7, 11) is 1.65. The maximum absolute atomic E-state index is 12.0. The first-order valence-corrected chi connectivity index (χ1v) is 8.20. The summed E-state index contributed by atoms with van der Waals surface area (Å²) in [5.41, 5.74) is 2.92. The lowest BCUT2D eigenvalue weighted by Crippen LogP contribution is -2.11. The Balaban J connectivity index is 1.44. The number of hydrogen-bond donors (Lipinski definition) is 2. The third-order valence-electron chi connectivity index (χ3n) is 3.98. The molecule has 3 aromatic rings. The van der Waals surface area contributed by atoms with Crippen LogP contribution in [0, 0.1) is 0 Å². The average Bonchev–Trinajstić information content (AvgIpc) is 2.98. The second-order valence-electron chi connectivity index (χ2n) is 5.83. The Bertz CT molecular complexity index is 909. The van der Waals surface area contributed by atoms with Crippen molar-refractivity contribution >= 4 is 22.7 Å². The second-order valence-corrected chi connectivity index (χ2v) is 5.83. The molecule has 2 aromatic carbocycles. The molecular weight excluding hydrogens is 320 g/mol. The number of aromatic nitrogens is 1. The predicted octanol–water partition coefficient (Wildman–Crippen LogP) is 3.48. The Labute approximate surface area is 144 Å². The third kappa shape index (κ3) is 4.50. The molecule has 0 aliphatic carbocycles. The number of ether oxygens (including phenoxy) is 1. The van der Waals surface area contributed by atoms with Crippen LogP contribution in [0.25, 0.3) is 11.1 Å². The van der Waals surface area contributed by atoms with Gasteiger partial charge in [-0.3, -0.25) is 9.78 Å². The number of H-pyrrole nitrogens is 1. The number of oxazole rings is 1. The molecule has 3 rings (SSSR count). The van der Waals surface area contributed by atoms with Gasteiger partial charge in [-0.05, 0) is 55.2 Å². The number of rotatable bonds is 7. The standard InChI is InChI=1S/C19H20N2O4/c1-24-15-9-6-13(7-10-15)4-2-3-5-18(22)20-14-8-11-17-16(12-14)21-19(23)25-17/h6-12H,2-5H2,1H3,(H,20,22)(H,21,23). The fraction of sp³-hybridized carbons (Fsp3) is 0.263. The number of amides is 1. The first kappa shape index (κ1) is 16.8. The summed E-state index contributed by atoms with van der Waals surface area (Å²) in [6.45, 7) is 0. The molecule has 0 atom stereocenters. The Hall–Kier alpha value is -3.02. The van der Waals surface area contributed by atoms with E-state index in [1.807, 2.05) is 24.3 Å². The van der Waals surface area contributed by atoms with Crippen molar-refractivity contribution in [3.05, 3.63) is 58.6 Å². The third-order valence-corrected chi connectivity index (χ3v) is 3.98. The lowest BCUT2D eigenvalue weighted by molar-refractivity contribution is -0.116. The number of carbonyl (C=O) groups is 1. The topological polar surface area (TPSA) is 84.3 Å². The fourth-order valence-corrected chi connectivity index (χ4v) is 2.66. The predicted molar refractivity (Wildman–Crippen MR) is 96.0 cm³/mol. The van der Waals surface area contributed by atoms with E-state index in [4.69, 9.17) is 9.15 Å². The maximum atomic E-state index is 12.0. The fourth-order valence-electron chi connectivity index (χ4n) is 2.66. The molecular formula is C19H20N2O4. The van der Waals surface area contributed by atoms with E-state index in [1.165, 1.54) is 5.56 Å². The summed E-state index contributed by atoms with van der Waals surface area (Å²) >= 11 is 0. The number of aryl methyl sites for hydroxylation is 1. The van der Waals surface area contributed by atoms with E-state index in [2.05, 4.69) is 10.3 Å². The first-order chi connectivity index (χ1) is 12.1. The van der Waals surface area contributed by atoms with Crippen LogP contribution in [0.2, 0.25) is 0 Å². The second kappa shape index (κ2) is 7.70. The minimum absolute atomic E-state index is 0.0417. The molecule has 0 bridgehead atoms. The highest BCUT2D eigenvalue weighted by molar-refractivity contribution is 5.92. The summed E-state index contributed by atoms with van der Waals surface area (Å²) in [5, 5.41) is 2.84. The minimum atomic E-state index is -0.503. The number of benzene rings is 2. The highest BCUT2D eigenvalue weighted by Crippen LogP contribution is 2.17. The van der Waals surface area contributed by atoms with Gasteiger partial charge in [-0.2, -0.15) is 0 Å². The zero-order valence-electron chi connectivity index (χ0n) is 14.0. The van der Waals surface area contributed by atoms with Crippen molar-refractivity contribution in [2.45, 2.75) is 25.7 Å². The summed E-state index contributed by atoms with van der Waals surface area (Å²) in [6, 6.07) is 13.0. The molecule has 1 amide bonds. The van der Waals surface area contributed by atoms with Gasteiger partial charge >= 0.3 is 5.76 Å². The van der Waals surface area contributed by atoms with E-state index < -0.39 is 5.76 Å². The smallest absolute Gasteiger partial charge is 0.417 e. The molecule has 25 heavy (non-hydrogen) atoms. The Morgan fingerprint density at radius 3 is 2.72 bits per heavy atom. The van der Waals surface area contributed by atoms with E-state index in [-0.39, 0.29) is 5.91 Å². The van der Waals surface area contributed by atoms with Crippen LogP contribution in [0.3, 0.4) is 0 Å². The Morgan fingerprint density at radius 1 is 1.16 bits per heavy atom. The van der Waals surface area contributed by atoms with Crippen LogP contribution in [0.5, 0.6) is 5.75 Å². The molecule has 130 valence electrons. The molecule has 0 aliphatic heterocycles. The molecule has 0 saturated carbocycles. The number of aromatic amines is 1. The molecule has 0 spiro atoms. The molecule has 0 aliphatic rings. The molecule has 0 radical (unpaired) electrons. The Kier molecular flexibility index (Phi) is 5.18. The zero-order valence-corrected chi connectivity index (χ0v) is 14.0. The van der Waals surface area contributed by atoms with Crippen LogP contribution >= 0.6 is 0 Å². The van der Waals surface area contributed by atoms with Crippen LogP contribution in [-0.2, 0) is 11.2 Å². The van der Waals surface area contributed by atoms with Crippen LogP contribution in [0.1, 0.15) is 24.8 Å². The number of nitrogens with one attached hydrogen (secondary N) is 2. The molecule has 0 fully saturated rings. The van der Waals surface area contributed by atoms with Crippen molar-refractivity contribution in [2.75, 3.05) is 12.4 Å². The molecule has 1 heterocycles. The highest BCUT2D eigenvalue weighted by Gasteiger charge is 2.06. The van der Waals surface area contributed by atoms with Crippen molar-refractivity contribution in [1.29, 1.82) is 0 Å². The molecule has 0 unspecified atom stereocenters. The Morgan fingerprint density at radius 2 is 1.96 bits per heavy atom. The normalized spacial score (nSPS) is 10.8. The number of methoxy groups -OCH3 is 1. The van der Waals surface area contributed by atoms with Gasteiger partial charge in [0.1, 0.15) is 5.75 Å². The highest BCUT2D eigenvalue weighted by atomic mass is 16.5. The van der Waals surface area contributed by atoms with Gasteiger partial charge in [-0.1, -0.05) is 12.1 Å². The van der Waals surface area contributed by atoms with Crippen molar-refractivity contribution in [3.63, 3.8) is 0 Å². The maximum Gasteiger partial charge on any atom is 0.417 e. The van der Waals surface area contributed by atoms with Crippen LogP contribution in [0.15, 0.2) is 51.7 Å². The van der Waals surface area contributed by atoms with Gasteiger partial charge in [0.25, 0.3) is 0 Å². The van der Waals surface area contributed by atoms with Crippen molar-refractivity contribution in [2.24, 2.45) is 0 Å². The van der Waals surface area contributed by atoms with Gasteiger partial charge in [0.15, 0.2) is 5.58 Å². The number of hydrogen-bond acceptors (Lipinski definition) is 4. The molecule has 2 N–H and O–H groups in total. The van der Waals surface area contributed by atoms with E-state index in [9.17, 15) is 9.59 Å². The summed E-state index contributed by atoms with van der Waals surface area (Å²) in [4.78, 5) is 25.7. The van der Waals surface area contributed by atoms with E-state index in [0.717, 1.165) is 25.0 Å². The van der Waals surface area contributed by atoms with E-state index >= 15 is 0 Å². The number of anilines is 1. The first-order valence-electron chi connectivity index (χ1n) is 8.20. The number of fused-ring (bicyclic) bond motifs is 1. The summed E-state index contributed by atoms with van der Waals surface area (Å²) in [6.07, 6.45) is 3.13. The zero-order chi connectivity index (χ0) is 17.6. The van der Waals surface area contributed by atoms with E-state index in [1.54, 1.807) is 25.3 Å².